The number of ether oxygens (including phenoxy) is 8. The zero-order valence-corrected chi connectivity index (χ0v) is 66.1. The Morgan fingerprint density at radius 1 is 0.419 bits per heavy atom. The largest absolute Gasteiger partial charge is 0.480 e. The van der Waals surface area contributed by atoms with Crippen molar-refractivity contribution in [2.24, 2.45) is 0 Å². The number of aliphatic carboxylic acids is 1. The number of rotatable bonds is 67. The molecule has 14 atom stereocenters. The smallest absolute Gasteiger partial charge is 0.470 e. The van der Waals surface area contributed by atoms with Gasteiger partial charge in [-0.25, -0.2) is 9.36 Å². The number of carboxylic acid groups (broad SMARTS) is 1. The maximum Gasteiger partial charge on any atom is 0.470 e. The molecule has 0 saturated carbocycles. The molecule has 2 aliphatic heterocycles. The van der Waals surface area contributed by atoms with Crippen LogP contribution in [0.4, 0.5) is 0 Å². The van der Waals surface area contributed by atoms with Crippen LogP contribution in [0.5, 0.6) is 0 Å². The van der Waals surface area contributed by atoms with E-state index in [-0.39, 0.29) is 38.5 Å². The van der Waals surface area contributed by atoms with Crippen LogP contribution in [0.2, 0.25) is 0 Å². The first kappa shape index (κ1) is 97.2. The summed E-state index contributed by atoms with van der Waals surface area (Å²) in [4.78, 5) is 118. The van der Waals surface area contributed by atoms with Crippen LogP contribution < -0.4 is 10.6 Å². The van der Waals surface area contributed by atoms with Crippen molar-refractivity contribution in [1.82, 2.24) is 10.6 Å². The molecule has 105 heavy (non-hydrogen) atoms. The minimum absolute atomic E-state index is 0.101. The standard InChI is InChI=1S/C78H143N2O24P/c1-7-13-19-25-27-29-31-37-43-49-67(88)98-60(47-41-35-23-17-11-5)53-65(85)80-72-76(103-69(90)52-59(83)46-40-34-22-16-10-4)74(104-105(93,94)95)62(55-81)100-78(72)96-56-63-73(92)75(71(77(101-63)97-57-66(86)87)79-64(84)51-58(82)45-39-33-21-15-9-3)102-70(91)54-61(48-42-36-24-18-12-6)99-68(89)50-44-38-32-30-28-26-20-14-8-2/h58-63,71-78,81-83,92H,7-57H2,1-6H3,(H,79,84)(H,80,85)(H,86,87)(H2,93,94,95)/t58-,59-,60-,61-,62-,63-,71-,72-,73-,74-,75-,76-,77+,78-/m1/s1. The number of unbranched alkanes of at least 4 members (excludes halogenated alkanes) is 32. The summed E-state index contributed by atoms with van der Waals surface area (Å²) < 4.78 is 66.8. The number of aliphatic hydroxyl groups is 4. The third-order valence-corrected chi connectivity index (χ3v) is 20.0. The van der Waals surface area contributed by atoms with E-state index in [1.165, 1.54) is 25.7 Å². The highest BCUT2D eigenvalue weighted by Gasteiger charge is 2.54. The minimum Gasteiger partial charge on any atom is -0.480 e. The van der Waals surface area contributed by atoms with Gasteiger partial charge in [-0.05, 0) is 51.4 Å². The number of esters is 4. The lowest BCUT2D eigenvalue weighted by Gasteiger charge is -2.47. The molecule has 2 amide bonds. The molecule has 26 nitrogen and oxygen atoms in total. The van der Waals surface area contributed by atoms with Gasteiger partial charge in [-0.15, -0.1) is 0 Å². The Balaban J connectivity index is 2.78. The molecule has 27 heteroatoms. The Morgan fingerprint density at radius 2 is 0.771 bits per heavy atom. The number of hydrogen-bond donors (Lipinski definition) is 9. The molecule has 0 radical (unpaired) electrons. The van der Waals surface area contributed by atoms with E-state index in [0.717, 1.165) is 180 Å². The van der Waals surface area contributed by atoms with Gasteiger partial charge in [0.1, 0.15) is 55.3 Å². The SMILES string of the molecule is CCCCCCCCCCCC(=O)O[C@H](CCCCCCC)CC(=O)N[C@H]1[C@H](OC[C@H]2O[C@H](OCC(=O)O)[C@H](NC(=O)C[C@H](O)CCCCCCC)[C@@H](OC(=O)C[C@@H](CCCCCCC)OC(=O)CCCCCCCCCCC)[C@@H]2O)O[C@H](CO)[C@@H](OP(=O)(O)O)[C@@H]1OC(=O)C[C@H](O)CCCCCCC. The lowest BCUT2D eigenvalue weighted by Crippen LogP contribution is -2.68. The summed E-state index contributed by atoms with van der Waals surface area (Å²) in [7, 11) is -5.60. The van der Waals surface area contributed by atoms with Crippen LogP contribution in [-0.2, 0) is 80.5 Å². The highest BCUT2D eigenvalue weighted by atomic mass is 31.2. The molecule has 2 rings (SSSR count). The number of carbonyl (C=O) groups excluding carboxylic acids is 6. The summed E-state index contributed by atoms with van der Waals surface area (Å²) in [6.07, 6.45) is 14.7. The first-order chi connectivity index (χ1) is 50.5. The second kappa shape index (κ2) is 60.8. The number of amides is 2. The molecule has 0 aromatic heterocycles. The maximum absolute atomic E-state index is 14.8. The van der Waals surface area contributed by atoms with Crippen molar-refractivity contribution in [3.8, 4) is 0 Å². The minimum atomic E-state index is -5.60. The van der Waals surface area contributed by atoms with E-state index in [1.54, 1.807) is 0 Å². The summed E-state index contributed by atoms with van der Waals surface area (Å²) >= 11 is 0. The van der Waals surface area contributed by atoms with Gasteiger partial charge in [0.05, 0.1) is 51.1 Å². The lowest BCUT2D eigenvalue weighted by atomic mass is 9.95. The van der Waals surface area contributed by atoms with Gasteiger partial charge in [0, 0.05) is 12.8 Å². The van der Waals surface area contributed by atoms with Crippen LogP contribution in [-0.4, -0.2) is 183 Å². The number of hydrogen-bond acceptors (Lipinski definition) is 21. The number of carbonyl (C=O) groups is 7. The van der Waals surface area contributed by atoms with E-state index in [1.807, 2.05) is 0 Å². The molecule has 2 heterocycles. The van der Waals surface area contributed by atoms with Gasteiger partial charge >= 0.3 is 37.7 Å². The predicted molar refractivity (Wildman–Crippen MR) is 398 cm³/mol. The number of phosphoric ester groups is 1. The van der Waals surface area contributed by atoms with Crippen LogP contribution in [0.1, 0.15) is 350 Å². The van der Waals surface area contributed by atoms with Crippen molar-refractivity contribution in [3.63, 3.8) is 0 Å². The van der Waals surface area contributed by atoms with Crippen molar-refractivity contribution in [1.29, 1.82) is 0 Å². The predicted octanol–water partition coefficient (Wildman–Crippen LogP) is 13.6. The molecule has 0 bridgehead atoms. The van der Waals surface area contributed by atoms with Gasteiger partial charge in [-0.1, -0.05) is 260 Å². The number of nitrogens with one attached hydrogen (secondary N) is 2. The van der Waals surface area contributed by atoms with Crippen LogP contribution in [0.15, 0.2) is 0 Å². The Kier molecular flexibility index (Phi) is 56.3. The Hall–Kier alpha value is -3.92. The molecule has 2 fully saturated rings. The number of phosphoric acid groups is 1. The summed E-state index contributed by atoms with van der Waals surface area (Å²) in [5, 5.41) is 61.0. The normalized spacial score (nSPS) is 21.6. The van der Waals surface area contributed by atoms with Crippen LogP contribution >= 0.6 is 7.82 Å². The first-order valence-electron chi connectivity index (χ1n) is 41.0. The average Bonchev–Trinajstić information content (AvgIpc) is 0.783. The molecule has 0 spiro atoms. The van der Waals surface area contributed by atoms with Gasteiger partial charge in [-0.3, -0.25) is 33.3 Å². The molecule has 0 aliphatic carbocycles. The van der Waals surface area contributed by atoms with Gasteiger partial charge < -0.3 is 83.8 Å². The third-order valence-electron chi connectivity index (χ3n) is 19.5. The van der Waals surface area contributed by atoms with Crippen molar-refractivity contribution in [2.75, 3.05) is 19.8 Å². The van der Waals surface area contributed by atoms with Gasteiger partial charge in [-0.2, -0.15) is 0 Å². The summed E-state index contributed by atoms with van der Waals surface area (Å²) in [6, 6.07) is -3.54. The van der Waals surface area contributed by atoms with Crippen molar-refractivity contribution >= 4 is 49.5 Å². The highest BCUT2D eigenvalue weighted by molar-refractivity contribution is 7.46. The van der Waals surface area contributed by atoms with E-state index in [0.29, 0.717) is 38.5 Å². The van der Waals surface area contributed by atoms with Crippen LogP contribution in [0, 0.1) is 0 Å². The summed E-state index contributed by atoms with van der Waals surface area (Å²) in [5.41, 5.74) is 0. The van der Waals surface area contributed by atoms with Gasteiger partial charge in [0.25, 0.3) is 0 Å². The van der Waals surface area contributed by atoms with Crippen LogP contribution in [0.3, 0.4) is 0 Å². The molecule has 0 aromatic rings. The monoisotopic (exact) mass is 1520 g/mol. The fourth-order valence-corrected chi connectivity index (χ4v) is 14.0. The van der Waals surface area contributed by atoms with E-state index < -0.39 is 181 Å². The third kappa shape index (κ3) is 47.0. The summed E-state index contributed by atoms with van der Waals surface area (Å²) in [6.45, 7) is 9.57. The Morgan fingerprint density at radius 3 is 1.20 bits per heavy atom. The zero-order chi connectivity index (χ0) is 77.5. The Labute approximate surface area is 628 Å². The maximum atomic E-state index is 14.8. The topological polar surface area (TPSA) is 385 Å². The highest BCUT2D eigenvalue weighted by Crippen LogP contribution is 2.43. The van der Waals surface area contributed by atoms with Gasteiger partial charge in [0.15, 0.2) is 24.8 Å². The number of aliphatic hydroxyl groups excluding tert-OH is 4. The average molecular weight is 1520 g/mol. The van der Waals surface area contributed by atoms with E-state index >= 15 is 0 Å². The van der Waals surface area contributed by atoms with Gasteiger partial charge in [0.2, 0.25) is 11.8 Å². The van der Waals surface area contributed by atoms with Crippen molar-refractivity contribution < 1.29 is 116 Å². The Bertz CT molecular complexity index is 2340. The molecule has 614 valence electrons. The molecule has 0 aromatic carbocycles. The fourth-order valence-electron chi connectivity index (χ4n) is 13.5. The quantitative estimate of drug-likeness (QED) is 0.0118. The van der Waals surface area contributed by atoms with Crippen molar-refractivity contribution in [2.45, 2.75) is 435 Å². The molecule has 9 N–H and O–H groups in total. The van der Waals surface area contributed by atoms with Crippen molar-refractivity contribution in [3.05, 3.63) is 0 Å². The molecule has 0 unspecified atom stereocenters. The molecular formula is C78H143N2O24P. The first-order valence-corrected chi connectivity index (χ1v) is 42.6. The zero-order valence-electron chi connectivity index (χ0n) is 65.2. The second-order valence-corrected chi connectivity index (χ2v) is 30.5. The lowest BCUT2D eigenvalue weighted by molar-refractivity contribution is -0.304. The molecule has 2 aliphatic rings. The second-order valence-electron chi connectivity index (χ2n) is 29.3. The van der Waals surface area contributed by atoms with E-state index in [9.17, 15) is 73.4 Å². The molecule has 2 saturated heterocycles. The van der Waals surface area contributed by atoms with Crippen LogP contribution in [0.25, 0.3) is 0 Å². The fraction of sp³-hybridized carbons (Fsp3) is 0.910. The number of carboxylic acids is 1. The summed E-state index contributed by atoms with van der Waals surface area (Å²) in [5.74, 6) is -6.29. The molecular weight excluding hydrogens is 1380 g/mol. The van der Waals surface area contributed by atoms with E-state index in [4.69, 9.17) is 42.4 Å². The van der Waals surface area contributed by atoms with E-state index in [2.05, 4.69) is 52.2 Å².